The van der Waals surface area contributed by atoms with Crippen molar-refractivity contribution < 1.29 is 8.78 Å². The normalized spacial score (nSPS) is 9.54. The van der Waals surface area contributed by atoms with Gasteiger partial charge in [-0.3, -0.25) is 0 Å². The number of alkyl halides is 3. The van der Waals surface area contributed by atoms with Crippen LogP contribution in [0.3, 0.4) is 0 Å². The van der Waals surface area contributed by atoms with E-state index in [1.54, 1.807) is 18.2 Å². The van der Waals surface area contributed by atoms with E-state index in [-0.39, 0.29) is 5.56 Å². The predicted molar refractivity (Wildman–Crippen MR) is 52.1 cm³/mol. The fourth-order valence-corrected chi connectivity index (χ4v) is 1.07. The Balaban J connectivity index is 3.05. The first kappa shape index (κ1) is 10.2. The third-order valence-electron chi connectivity index (χ3n) is 1.49. The van der Waals surface area contributed by atoms with E-state index in [0.29, 0.717) is 10.9 Å². The zero-order valence-corrected chi connectivity index (χ0v) is 8.31. The van der Waals surface area contributed by atoms with Crippen molar-refractivity contribution in [2.75, 3.05) is 5.33 Å². The summed E-state index contributed by atoms with van der Waals surface area (Å²) >= 11 is 3.11. The Bertz CT molecular complexity index is 336. The zero-order chi connectivity index (χ0) is 9.68. The smallest absolute Gasteiger partial charge is 0.205 e. The third-order valence-corrected chi connectivity index (χ3v) is 1.77. The van der Waals surface area contributed by atoms with Gasteiger partial charge in [0.1, 0.15) is 0 Å². The maximum atomic E-state index is 12.4. The van der Waals surface area contributed by atoms with Crippen LogP contribution in [0.1, 0.15) is 17.6 Å². The first-order valence-electron chi connectivity index (χ1n) is 3.67. The van der Waals surface area contributed by atoms with E-state index in [1.165, 1.54) is 6.07 Å². The summed E-state index contributed by atoms with van der Waals surface area (Å²) < 4.78 is 24.8. The van der Waals surface area contributed by atoms with Crippen LogP contribution in [0.25, 0.3) is 0 Å². The van der Waals surface area contributed by atoms with E-state index in [1.807, 2.05) is 0 Å². The Morgan fingerprint density at radius 3 is 2.62 bits per heavy atom. The third kappa shape index (κ3) is 2.82. The lowest BCUT2D eigenvalue weighted by Gasteiger charge is -2.01. The van der Waals surface area contributed by atoms with Gasteiger partial charge >= 0.3 is 0 Å². The number of hydrogen-bond donors (Lipinski definition) is 0. The van der Waals surface area contributed by atoms with Crippen LogP contribution in [-0.4, -0.2) is 5.33 Å². The number of halogens is 3. The van der Waals surface area contributed by atoms with Crippen molar-refractivity contribution in [3.05, 3.63) is 35.4 Å². The van der Waals surface area contributed by atoms with Gasteiger partial charge in [-0.1, -0.05) is 46.0 Å². The van der Waals surface area contributed by atoms with Crippen molar-refractivity contribution in [2.45, 2.75) is 6.43 Å². The summed E-state index contributed by atoms with van der Waals surface area (Å²) in [5.74, 6) is 5.36. The Morgan fingerprint density at radius 2 is 2.00 bits per heavy atom. The van der Waals surface area contributed by atoms with E-state index >= 15 is 0 Å². The Hall–Kier alpha value is -0.880. The SMILES string of the molecule is FC(F)c1ccccc1C#CCBr. The van der Waals surface area contributed by atoms with Crippen LogP contribution in [0.4, 0.5) is 8.78 Å². The highest BCUT2D eigenvalue weighted by Gasteiger charge is 2.09. The topological polar surface area (TPSA) is 0 Å². The van der Waals surface area contributed by atoms with Gasteiger partial charge in [-0.05, 0) is 6.07 Å². The van der Waals surface area contributed by atoms with Crippen LogP contribution >= 0.6 is 15.9 Å². The summed E-state index contributed by atoms with van der Waals surface area (Å²) in [5, 5.41) is 0.491. The van der Waals surface area contributed by atoms with Crippen LogP contribution in [0.2, 0.25) is 0 Å². The zero-order valence-electron chi connectivity index (χ0n) is 6.73. The summed E-state index contributed by atoms with van der Waals surface area (Å²) in [6.45, 7) is 0. The largest absolute Gasteiger partial charge is 0.265 e. The lowest BCUT2D eigenvalue weighted by Crippen LogP contribution is -1.89. The van der Waals surface area contributed by atoms with Gasteiger partial charge < -0.3 is 0 Å². The quantitative estimate of drug-likeness (QED) is 0.525. The van der Waals surface area contributed by atoms with Gasteiger partial charge in [0.25, 0.3) is 6.43 Å². The van der Waals surface area contributed by atoms with Crippen molar-refractivity contribution in [1.29, 1.82) is 0 Å². The minimum absolute atomic E-state index is 0.00375. The molecule has 0 heterocycles. The Labute approximate surface area is 84.1 Å². The molecular weight excluding hydrogens is 238 g/mol. The van der Waals surface area contributed by atoms with Crippen LogP contribution in [-0.2, 0) is 0 Å². The number of hydrogen-bond acceptors (Lipinski definition) is 0. The average molecular weight is 245 g/mol. The average Bonchev–Trinajstić information content (AvgIpc) is 2.15. The lowest BCUT2D eigenvalue weighted by molar-refractivity contribution is 0.151. The molecule has 0 aliphatic carbocycles. The standard InChI is InChI=1S/C10H7BrF2/c11-7-3-5-8-4-1-2-6-9(8)10(12)13/h1-2,4,6,10H,7H2. The summed E-state index contributed by atoms with van der Waals surface area (Å²) in [6.07, 6.45) is -2.46. The van der Waals surface area contributed by atoms with Gasteiger partial charge in [0.15, 0.2) is 0 Å². The molecule has 0 radical (unpaired) electrons. The summed E-state index contributed by atoms with van der Waals surface area (Å²) in [5.41, 5.74) is 0.396. The Kier molecular flexibility index (Phi) is 3.91. The number of benzene rings is 1. The molecule has 0 N–H and O–H groups in total. The first-order chi connectivity index (χ1) is 6.25. The molecule has 0 bridgehead atoms. The second-order valence-corrected chi connectivity index (χ2v) is 2.88. The molecule has 68 valence electrons. The van der Waals surface area contributed by atoms with Crippen molar-refractivity contribution in [3.63, 3.8) is 0 Å². The second-order valence-electron chi connectivity index (χ2n) is 2.32. The van der Waals surface area contributed by atoms with Gasteiger partial charge in [0.05, 0.1) is 5.33 Å². The fraction of sp³-hybridized carbons (Fsp3) is 0.200. The summed E-state index contributed by atoms with van der Waals surface area (Å²) in [6, 6.07) is 6.27. The van der Waals surface area contributed by atoms with Crippen LogP contribution in [0, 0.1) is 11.8 Å². The molecule has 0 aliphatic rings. The summed E-state index contributed by atoms with van der Waals surface area (Å²) in [4.78, 5) is 0. The van der Waals surface area contributed by atoms with E-state index in [2.05, 4.69) is 27.8 Å². The van der Waals surface area contributed by atoms with Gasteiger partial charge in [0.2, 0.25) is 0 Å². The molecule has 1 aromatic carbocycles. The molecule has 0 fully saturated rings. The minimum atomic E-state index is -2.46. The van der Waals surface area contributed by atoms with Crippen molar-refractivity contribution in [1.82, 2.24) is 0 Å². The number of rotatable bonds is 1. The molecule has 0 saturated heterocycles. The van der Waals surface area contributed by atoms with Crippen molar-refractivity contribution in [3.8, 4) is 11.8 Å². The maximum absolute atomic E-state index is 12.4. The van der Waals surface area contributed by atoms with Crippen molar-refractivity contribution in [2.24, 2.45) is 0 Å². The molecule has 0 unspecified atom stereocenters. The van der Waals surface area contributed by atoms with Gasteiger partial charge in [0, 0.05) is 11.1 Å². The fourth-order valence-electron chi connectivity index (χ4n) is 0.930. The molecule has 0 nitrogen and oxygen atoms in total. The van der Waals surface area contributed by atoms with Crippen molar-refractivity contribution >= 4 is 15.9 Å². The molecule has 0 amide bonds. The van der Waals surface area contributed by atoms with Crippen LogP contribution in [0.15, 0.2) is 24.3 Å². The molecule has 13 heavy (non-hydrogen) atoms. The molecular formula is C10H7BrF2. The van der Waals surface area contributed by atoms with Gasteiger partial charge in [-0.2, -0.15) is 0 Å². The van der Waals surface area contributed by atoms with Crippen LogP contribution < -0.4 is 0 Å². The predicted octanol–water partition coefficient (Wildman–Crippen LogP) is 3.37. The highest BCUT2D eigenvalue weighted by Crippen LogP contribution is 2.21. The molecule has 0 aromatic heterocycles. The van der Waals surface area contributed by atoms with E-state index in [0.717, 1.165) is 0 Å². The van der Waals surface area contributed by atoms with E-state index in [9.17, 15) is 8.78 Å². The lowest BCUT2D eigenvalue weighted by atomic mass is 10.1. The minimum Gasteiger partial charge on any atom is -0.205 e. The second kappa shape index (κ2) is 4.98. The first-order valence-corrected chi connectivity index (χ1v) is 4.79. The molecule has 0 spiro atoms. The molecule has 1 rings (SSSR count). The molecule has 0 atom stereocenters. The molecule has 1 aromatic rings. The highest BCUT2D eigenvalue weighted by molar-refractivity contribution is 9.09. The maximum Gasteiger partial charge on any atom is 0.265 e. The van der Waals surface area contributed by atoms with E-state index in [4.69, 9.17) is 0 Å². The van der Waals surface area contributed by atoms with Crippen LogP contribution in [0.5, 0.6) is 0 Å². The van der Waals surface area contributed by atoms with E-state index < -0.39 is 6.43 Å². The molecule has 3 heteroatoms. The molecule has 0 aliphatic heterocycles. The Morgan fingerprint density at radius 1 is 1.31 bits per heavy atom. The monoisotopic (exact) mass is 244 g/mol. The summed E-state index contributed by atoms with van der Waals surface area (Å²) in [7, 11) is 0. The van der Waals surface area contributed by atoms with Gasteiger partial charge in [-0.25, -0.2) is 8.78 Å². The highest BCUT2D eigenvalue weighted by atomic mass is 79.9. The van der Waals surface area contributed by atoms with Gasteiger partial charge in [-0.15, -0.1) is 0 Å². The molecule has 0 saturated carbocycles.